The number of fused-ring (bicyclic) bond motifs is 6. The van der Waals surface area contributed by atoms with Crippen LogP contribution in [0.5, 0.6) is 0 Å². The molecule has 1 fully saturated rings. The number of pyridine rings is 2. The van der Waals surface area contributed by atoms with E-state index in [1.165, 1.54) is 0 Å². The summed E-state index contributed by atoms with van der Waals surface area (Å²) in [5.74, 6) is -0.751. The number of sulfonamides is 1. The maximum atomic E-state index is 13.8. The number of esters is 1. The largest absolute Gasteiger partial charge is 0.458 e. The number of cyclic esters (lactones) is 1. The van der Waals surface area contributed by atoms with E-state index in [0.717, 1.165) is 32.8 Å². The molecule has 2 aromatic heterocycles. The number of benzene rings is 3. The zero-order chi connectivity index (χ0) is 31.8. The Bertz CT molecular complexity index is 2260. The van der Waals surface area contributed by atoms with Gasteiger partial charge in [0.05, 0.1) is 33.9 Å². The van der Waals surface area contributed by atoms with Gasteiger partial charge in [0.1, 0.15) is 6.61 Å². The first-order valence-corrected chi connectivity index (χ1v) is 16.9. The number of para-hydroxylation sites is 1. The van der Waals surface area contributed by atoms with Crippen LogP contribution in [0.2, 0.25) is 0 Å². The molecule has 1 atom stereocenters. The van der Waals surface area contributed by atoms with Gasteiger partial charge in [-0.05, 0) is 47.0 Å². The summed E-state index contributed by atoms with van der Waals surface area (Å²) in [6.45, 7) is 4.17. The fourth-order valence-electron chi connectivity index (χ4n) is 7.12. The SMILES string of the molecule is CC[C@@]1(O)C(=O)OCc2c1cc1n(c2=O)Cc2c-1nc1ccccc1c2CN1CCN(S(=O)(=O)c2ccc3ccccc3c2)CC1. The number of nitrogens with zero attached hydrogens (tertiary/aromatic N) is 4. The van der Waals surface area contributed by atoms with Gasteiger partial charge in [-0.15, -0.1) is 0 Å². The van der Waals surface area contributed by atoms with Crippen molar-refractivity contribution in [2.24, 2.45) is 0 Å². The molecule has 1 saturated heterocycles. The van der Waals surface area contributed by atoms with Crippen molar-refractivity contribution in [1.82, 2.24) is 18.8 Å². The van der Waals surface area contributed by atoms with Gasteiger partial charge < -0.3 is 14.4 Å². The second kappa shape index (κ2) is 10.6. The Morgan fingerprint density at radius 2 is 1.65 bits per heavy atom. The average molecular weight is 637 g/mol. The van der Waals surface area contributed by atoms with E-state index in [4.69, 9.17) is 9.72 Å². The van der Waals surface area contributed by atoms with E-state index in [0.29, 0.717) is 55.6 Å². The van der Waals surface area contributed by atoms with Crippen molar-refractivity contribution in [2.75, 3.05) is 26.2 Å². The zero-order valence-electron chi connectivity index (χ0n) is 25.3. The average Bonchev–Trinajstić information content (AvgIpc) is 3.45. The van der Waals surface area contributed by atoms with Crippen LogP contribution in [0.25, 0.3) is 33.1 Å². The highest BCUT2D eigenvalue weighted by Crippen LogP contribution is 2.40. The van der Waals surface area contributed by atoms with Gasteiger partial charge in [0.15, 0.2) is 5.60 Å². The molecule has 3 aromatic carbocycles. The highest BCUT2D eigenvalue weighted by molar-refractivity contribution is 7.89. The van der Waals surface area contributed by atoms with E-state index in [-0.39, 0.29) is 29.7 Å². The second-order valence-corrected chi connectivity index (χ2v) is 14.2. The molecule has 0 saturated carbocycles. The lowest BCUT2D eigenvalue weighted by molar-refractivity contribution is -0.172. The highest BCUT2D eigenvalue weighted by Gasteiger charge is 2.45. The molecule has 0 radical (unpaired) electrons. The van der Waals surface area contributed by atoms with Crippen LogP contribution in [0.3, 0.4) is 0 Å². The van der Waals surface area contributed by atoms with Crippen LogP contribution in [-0.2, 0) is 44.9 Å². The number of piperazine rings is 1. The molecule has 10 nitrogen and oxygen atoms in total. The van der Waals surface area contributed by atoms with Crippen LogP contribution < -0.4 is 5.56 Å². The minimum Gasteiger partial charge on any atom is -0.458 e. The minimum absolute atomic E-state index is 0.0769. The molecule has 1 N–H and O–H groups in total. The molecule has 5 aromatic rings. The Balaban J connectivity index is 1.12. The lowest BCUT2D eigenvalue weighted by atomic mass is 9.86. The summed E-state index contributed by atoms with van der Waals surface area (Å²) in [6, 6.07) is 22.6. The van der Waals surface area contributed by atoms with Crippen LogP contribution in [-0.4, -0.2) is 64.4 Å². The molecule has 3 aliphatic heterocycles. The molecular weight excluding hydrogens is 604 g/mol. The van der Waals surface area contributed by atoms with E-state index in [1.54, 1.807) is 34.0 Å². The molecule has 46 heavy (non-hydrogen) atoms. The summed E-state index contributed by atoms with van der Waals surface area (Å²) in [4.78, 5) is 33.9. The first-order valence-electron chi connectivity index (χ1n) is 15.5. The van der Waals surface area contributed by atoms with E-state index >= 15 is 0 Å². The summed E-state index contributed by atoms with van der Waals surface area (Å²) >= 11 is 0. The fraction of sp³-hybridized carbons (Fsp3) is 0.286. The van der Waals surface area contributed by atoms with Crippen molar-refractivity contribution in [3.63, 3.8) is 0 Å². The van der Waals surface area contributed by atoms with E-state index in [9.17, 15) is 23.1 Å². The van der Waals surface area contributed by atoms with Crippen molar-refractivity contribution in [3.8, 4) is 11.4 Å². The lowest BCUT2D eigenvalue weighted by Crippen LogP contribution is -2.48. The Labute approximate surface area is 265 Å². The van der Waals surface area contributed by atoms with Crippen LogP contribution in [0.1, 0.15) is 35.6 Å². The predicted molar refractivity (Wildman–Crippen MR) is 173 cm³/mol. The Morgan fingerprint density at radius 1 is 0.913 bits per heavy atom. The number of aliphatic hydroxyl groups is 1. The monoisotopic (exact) mass is 636 g/mol. The van der Waals surface area contributed by atoms with Crippen LogP contribution >= 0.6 is 0 Å². The lowest BCUT2D eigenvalue weighted by Gasteiger charge is -2.34. The third kappa shape index (κ3) is 4.33. The Kier molecular flexibility index (Phi) is 6.66. The van der Waals surface area contributed by atoms with Crippen molar-refractivity contribution in [1.29, 1.82) is 0 Å². The number of aromatic nitrogens is 2. The first-order chi connectivity index (χ1) is 22.2. The quantitative estimate of drug-likeness (QED) is 0.284. The molecule has 0 unspecified atom stereocenters. The molecule has 0 bridgehead atoms. The summed E-state index contributed by atoms with van der Waals surface area (Å²) < 4.78 is 35.6. The van der Waals surface area contributed by atoms with Crippen molar-refractivity contribution < 1.29 is 23.1 Å². The Hall–Kier alpha value is -4.42. The van der Waals surface area contributed by atoms with E-state index in [2.05, 4.69) is 4.90 Å². The molecule has 8 rings (SSSR count). The van der Waals surface area contributed by atoms with Crippen LogP contribution in [0, 0.1) is 0 Å². The molecule has 3 aliphatic rings. The summed E-state index contributed by atoms with van der Waals surface area (Å²) in [5.41, 5.74) is 2.33. The van der Waals surface area contributed by atoms with Crippen molar-refractivity contribution in [3.05, 3.63) is 105 Å². The molecular formula is C35H32N4O6S. The molecule has 11 heteroatoms. The van der Waals surface area contributed by atoms with Gasteiger partial charge in [-0.3, -0.25) is 9.69 Å². The van der Waals surface area contributed by atoms with Crippen LogP contribution in [0.4, 0.5) is 0 Å². The standard InChI is InChI=1S/C35H32N4O6S/c1-2-35(42)29-18-31-32-27(20-39(31)33(40)28(29)21-45-34(35)41)26(25-9-5-6-10-30(25)36-32)19-37-13-15-38(16-14-37)46(43,44)24-12-11-22-7-3-4-8-23(22)17-24/h3-12,17-18,42H,2,13-16,19-21H2,1H3/t35-/m0/s1. The van der Waals surface area contributed by atoms with Crippen molar-refractivity contribution >= 4 is 37.7 Å². The normalized spacial score (nSPS) is 20.0. The number of rotatable bonds is 5. The molecule has 234 valence electrons. The molecule has 0 spiro atoms. The maximum absolute atomic E-state index is 13.8. The van der Waals surface area contributed by atoms with Gasteiger partial charge in [0.2, 0.25) is 10.0 Å². The van der Waals surface area contributed by atoms with Gasteiger partial charge in [-0.2, -0.15) is 4.31 Å². The minimum atomic E-state index is -3.66. The number of carbonyl (C=O) groups is 1. The zero-order valence-corrected chi connectivity index (χ0v) is 26.1. The number of ether oxygens (including phenoxy) is 1. The third-order valence-electron chi connectivity index (χ3n) is 9.78. The molecule has 0 aliphatic carbocycles. The highest BCUT2D eigenvalue weighted by atomic mass is 32.2. The van der Waals surface area contributed by atoms with Gasteiger partial charge in [0, 0.05) is 49.2 Å². The summed E-state index contributed by atoms with van der Waals surface area (Å²) in [7, 11) is -3.66. The van der Waals surface area contributed by atoms with Gasteiger partial charge in [-0.25, -0.2) is 18.2 Å². The van der Waals surface area contributed by atoms with Gasteiger partial charge in [0.25, 0.3) is 5.56 Å². The van der Waals surface area contributed by atoms with E-state index < -0.39 is 21.6 Å². The smallest absolute Gasteiger partial charge is 0.343 e. The van der Waals surface area contributed by atoms with Crippen molar-refractivity contribution in [2.45, 2.75) is 43.5 Å². The molecule has 5 heterocycles. The molecule has 0 amide bonds. The second-order valence-electron chi connectivity index (χ2n) is 12.2. The number of carbonyl (C=O) groups excluding carboxylic acids is 1. The van der Waals surface area contributed by atoms with Gasteiger partial charge in [-0.1, -0.05) is 55.5 Å². The predicted octanol–water partition coefficient (Wildman–Crippen LogP) is 3.74. The first kappa shape index (κ1) is 29.0. The maximum Gasteiger partial charge on any atom is 0.343 e. The summed E-state index contributed by atoms with van der Waals surface area (Å²) in [6.07, 6.45) is 0.0769. The summed E-state index contributed by atoms with van der Waals surface area (Å²) in [5, 5.41) is 14.1. The number of hydrogen-bond donors (Lipinski definition) is 1. The number of hydrogen-bond acceptors (Lipinski definition) is 8. The fourth-order valence-corrected chi connectivity index (χ4v) is 8.58. The van der Waals surface area contributed by atoms with Gasteiger partial charge >= 0.3 is 5.97 Å². The van der Waals surface area contributed by atoms with E-state index in [1.807, 2.05) is 54.6 Å². The Morgan fingerprint density at radius 3 is 2.43 bits per heavy atom. The van der Waals surface area contributed by atoms with Crippen LogP contribution in [0.15, 0.2) is 82.5 Å². The topological polar surface area (TPSA) is 122 Å². The third-order valence-corrected chi connectivity index (χ3v) is 11.7.